The Balaban J connectivity index is 1.81. The molecule has 4 nitrogen and oxygen atoms in total. The van der Waals surface area contributed by atoms with Crippen molar-refractivity contribution in [2.24, 2.45) is 0 Å². The molecule has 0 fully saturated rings. The third-order valence-corrected chi connectivity index (χ3v) is 6.48. The van der Waals surface area contributed by atoms with Gasteiger partial charge in [-0.15, -0.1) is 0 Å². The molecular formula is C27H25ClN2O2. The van der Waals surface area contributed by atoms with E-state index >= 15 is 0 Å². The predicted molar refractivity (Wildman–Crippen MR) is 129 cm³/mol. The van der Waals surface area contributed by atoms with Crippen LogP contribution in [-0.2, 0) is 16.1 Å². The van der Waals surface area contributed by atoms with Crippen LogP contribution in [0.2, 0.25) is 5.02 Å². The fourth-order valence-electron chi connectivity index (χ4n) is 3.82. The van der Waals surface area contributed by atoms with Crippen molar-refractivity contribution in [3.8, 4) is 0 Å². The Bertz CT molecular complexity index is 1280. The van der Waals surface area contributed by atoms with Gasteiger partial charge in [0.05, 0.1) is 12.1 Å². The Labute approximate surface area is 193 Å². The molecule has 5 heteroatoms. The van der Waals surface area contributed by atoms with E-state index in [-0.39, 0.29) is 18.4 Å². The average Bonchev–Trinajstić information content (AvgIpc) is 2.99. The lowest BCUT2D eigenvalue weighted by Gasteiger charge is -2.17. The molecule has 0 saturated heterocycles. The van der Waals surface area contributed by atoms with Crippen LogP contribution in [0.25, 0.3) is 5.57 Å². The molecule has 0 spiro atoms. The fraction of sp³-hybridized carbons (Fsp3) is 0.185. The number of aryl methyl sites for hydroxylation is 3. The second-order valence-corrected chi connectivity index (χ2v) is 8.62. The summed E-state index contributed by atoms with van der Waals surface area (Å²) >= 11 is 6.32. The van der Waals surface area contributed by atoms with E-state index in [0.29, 0.717) is 16.3 Å². The highest BCUT2D eigenvalue weighted by atomic mass is 35.5. The van der Waals surface area contributed by atoms with Gasteiger partial charge in [-0.1, -0.05) is 60.1 Å². The van der Waals surface area contributed by atoms with Crippen molar-refractivity contribution >= 4 is 34.7 Å². The maximum absolute atomic E-state index is 13.5. The van der Waals surface area contributed by atoms with Crippen LogP contribution in [0.4, 0.5) is 5.69 Å². The lowest BCUT2D eigenvalue weighted by atomic mass is 9.99. The summed E-state index contributed by atoms with van der Waals surface area (Å²) in [5, 5.41) is 3.80. The minimum Gasteiger partial charge on any atom is -0.350 e. The highest BCUT2D eigenvalue weighted by Crippen LogP contribution is 2.34. The van der Waals surface area contributed by atoms with Crippen molar-refractivity contribution in [3.63, 3.8) is 0 Å². The lowest BCUT2D eigenvalue weighted by Crippen LogP contribution is -2.32. The van der Waals surface area contributed by atoms with Crippen LogP contribution in [0.3, 0.4) is 0 Å². The first-order valence-electron chi connectivity index (χ1n) is 10.5. The first-order valence-corrected chi connectivity index (χ1v) is 10.9. The maximum Gasteiger partial charge on any atom is 0.278 e. The van der Waals surface area contributed by atoms with Crippen LogP contribution >= 0.6 is 11.6 Å². The van der Waals surface area contributed by atoms with E-state index in [1.807, 2.05) is 82.3 Å². The standard InChI is InChI=1S/C27H25ClN2O2/c1-16-12-13-20(14-18(16)3)24-25(29-23-11-7-8-17(2)19(23)4)27(32)30(26(24)31)15-21-9-5-6-10-22(21)28/h5-14,29H,15H2,1-4H3. The summed E-state index contributed by atoms with van der Waals surface area (Å²) in [6.45, 7) is 8.15. The molecule has 1 N–H and O–H groups in total. The Kier molecular flexibility index (Phi) is 5.90. The van der Waals surface area contributed by atoms with Crippen molar-refractivity contribution in [2.75, 3.05) is 5.32 Å². The van der Waals surface area contributed by atoms with Crippen LogP contribution in [0.5, 0.6) is 0 Å². The molecule has 0 unspecified atom stereocenters. The number of nitrogens with one attached hydrogen (secondary N) is 1. The number of nitrogens with zero attached hydrogens (tertiary/aromatic N) is 1. The van der Waals surface area contributed by atoms with Crippen LogP contribution in [-0.4, -0.2) is 16.7 Å². The Morgan fingerprint density at radius 1 is 0.812 bits per heavy atom. The molecule has 0 bridgehead atoms. The van der Waals surface area contributed by atoms with Gasteiger partial charge in [0.1, 0.15) is 5.70 Å². The normalized spacial score (nSPS) is 13.8. The van der Waals surface area contributed by atoms with E-state index in [9.17, 15) is 9.59 Å². The Morgan fingerprint density at radius 3 is 2.28 bits per heavy atom. The van der Waals surface area contributed by atoms with E-state index in [0.717, 1.165) is 39.1 Å². The monoisotopic (exact) mass is 444 g/mol. The number of anilines is 1. The maximum atomic E-state index is 13.5. The van der Waals surface area contributed by atoms with E-state index < -0.39 is 0 Å². The molecule has 2 amide bonds. The number of hydrogen-bond donors (Lipinski definition) is 1. The van der Waals surface area contributed by atoms with Crippen LogP contribution in [0.15, 0.2) is 66.4 Å². The zero-order chi connectivity index (χ0) is 23.0. The number of halogens is 1. The van der Waals surface area contributed by atoms with E-state index in [1.54, 1.807) is 6.07 Å². The molecule has 3 aromatic carbocycles. The van der Waals surface area contributed by atoms with Gasteiger partial charge in [0.15, 0.2) is 0 Å². The molecule has 0 atom stereocenters. The molecule has 1 aliphatic rings. The van der Waals surface area contributed by atoms with Gasteiger partial charge < -0.3 is 5.32 Å². The molecule has 162 valence electrons. The van der Waals surface area contributed by atoms with Gasteiger partial charge >= 0.3 is 0 Å². The van der Waals surface area contributed by atoms with Crippen molar-refractivity contribution < 1.29 is 9.59 Å². The van der Waals surface area contributed by atoms with Crippen LogP contribution < -0.4 is 5.32 Å². The van der Waals surface area contributed by atoms with Crippen LogP contribution in [0, 0.1) is 27.7 Å². The fourth-order valence-corrected chi connectivity index (χ4v) is 4.01. The molecule has 4 rings (SSSR count). The minimum absolute atomic E-state index is 0.115. The molecule has 1 aliphatic heterocycles. The third-order valence-electron chi connectivity index (χ3n) is 6.11. The topological polar surface area (TPSA) is 49.4 Å². The summed E-state index contributed by atoms with van der Waals surface area (Å²) < 4.78 is 0. The highest BCUT2D eigenvalue weighted by molar-refractivity contribution is 6.36. The third kappa shape index (κ3) is 3.94. The largest absolute Gasteiger partial charge is 0.350 e. The van der Waals surface area contributed by atoms with E-state index in [2.05, 4.69) is 5.32 Å². The number of hydrogen-bond acceptors (Lipinski definition) is 3. The zero-order valence-corrected chi connectivity index (χ0v) is 19.4. The Hall–Kier alpha value is -3.37. The number of benzene rings is 3. The quantitative estimate of drug-likeness (QED) is 0.493. The number of amides is 2. The average molecular weight is 445 g/mol. The van der Waals surface area contributed by atoms with Gasteiger partial charge in [0.25, 0.3) is 11.8 Å². The molecule has 0 saturated carbocycles. The second-order valence-electron chi connectivity index (χ2n) is 8.21. The van der Waals surface area contributed by atoms with Gasteiger partial charge in [-0.05, 0) is 73.2 Å². The first-order chi connectivity index (χ1) is 15.3. The van der Waals surface area contributed by atoms with E-state index in [4.69, 9.17) is 11.6 Å². The number of imide groups is 1. The van der Waals surface area contributed by atoms with Crippen molar-refractivity contribution in [3.05, 3.63) is 105 Å². The van der Waals surface area contributed by atoms with Crippen molar-refractivity contribution in [1.29, 1.82) is 0 Å². The summed E-state index contributed by atoms with van der Waals surface area (Å²) in [4.78, 5) is 28.3. The summed E-state index contributed by atoms with van der Waals surface area (Å²) in [6, 6.07) is 19.0. The van der Waals surface area contributed by atoms with Gasteiger partial charge in [-0.2, -0.15) is 0 Å². The predicted octanol–water partition coefficient (Wildman–Crippen LogP) is 5.97. The molecule has 0 aliphatic carbocycles. The first kappa shape index (κ1) is 21.8. The smallest absolute Gasteiger partial charge is 0.278 e. The van der Waals surface area contributed by atoms with Crippen LogP contribution in [0.1, 0.15) is 33.4 Å². The summed E-state index contributed by atoms with van der Waals surface area (Å²) in [5.41, 5.74) is 7.25. The molecule has 32 heavy (non-hydrogen) atoms. The Morgan fingerprint density at radius 2 is 1.56 bits per heavy atom. The van der Waals surface area contributed by atoms with Gasteiger partial charge in [-0.3, -0.25) is 14.5 Å². The summed E-state index contributed by atoms with van der Waals surface area (Å²) in [5.74, 6) is -0.685. The molecule has 0 aromatic heterocycles. The second kappa shape index (κ2) is 8.64. The molecule has 1 heterocycles. The van der Waals surface area contributed by atoms with Gasteiger partial charge in [0.2, 0.25) is 0 Å². The number of carbonyl (C=O) groups excluding carboxylic acids is 2. The zero-order valence-electron chi connectivity index (χ0n) is 18.6. The summed E-state index contributed by atoms with van der Waals surface area (Å²) in [6.07, 6.45) is 0. The lowest BCUT2D eigenvalue weighted by molar-refractivity contribution is -0.137. The van der Waals surface area contributed by atoms with Gasteiger partial charge in [0, 0.05) is 10.7 Å². The highest BCUT2D eigenvalue weighted by Gasteiger charge is 2.39. The SMILES string of the molecule is Cc1ccc(C2=C(Nc3cccc(C)c3C)C(=O)N(Cc3ccccc3Cl)C2=O)cc1C. The molecule has 3 aromatic rings. The van der Waals surface area contributed by atoms with Crippen molar-refractivity contribution in [2.45, 2.75) is 34.2 Å². The number of carbonyl (C=O) groups is 2. The van der Waals surface area contributed by atoms with Gasteiger partial charge in [-0.25, -0.2) is 0 Å². The summed E-state index contributed by atoms with van der Waals surface area (Å²) in [7, 11) is 0. The molecular weight excluding hydrogens is 420 g/mol. The van der Waals surface area contributed by atoms with Crippen molar-refractivity contribution in [1.82, 2.24) is 4.90 Å². The van der Waals surface area contributed by atoms with E-state index in [1.165, 1.54) is 4.90 Å². The minimum atomic E-state index is -0.357. The molecule has 0 radical (unpaired) electrons. The number of rotatable bonds is 5.